The molecule has 0 unspecified atom stereocenters. The number of benzene rings is 3. The molecule has 1 amide bonds. The molecule has 1 N–H and O–H groups in total. The van der Waals surface area contributed by atoms with Crippen LogP contribution in [0.5, 0.6) is 0 Å². The van der Waals surface area contributed by atoms with E-state index in [2.05, 4.69) is 5.32 Å². The fourth-order valence-electron chi connectivity index (χ4n) is 3.01. The van der Waals surface area contributed by atoms with Gasteiger partial charge in [-0.15, -0.1) is 11.8 Å². The van der Waals surface area contributed by atoms with Crippen LogP contribution in [0, 0.1) is 0 Å². The van der Waals surface area contributed by atoms with E-state index < -0.39 is 10.0 Å². The first-order valence-electron chi connectivity index (χ1n) is 9.20. The maximum Gasteiger partial charge on any atom is 0.265 e. The van der Waals surface area contributed by atoms with Gasteiger partial charge >= 0.3 is 0 Å². The van der Waals surface area contributed by atoms with Crippen molar-refractivity contribution >= 4 is 50.7 Å². The van der Waals surface area contributed by atoms with Gasteiger partial charge in [0, 0.05) is 17.1 Å². The summed E-state index contributed by atoms with van der Waals surface area (Å²) in [6.45, 7) is 1.99. The monoisotopic (exact) mass is 460 g/mol. The highest BCUT2D eigenvalue weighted by molar-refractivity contribution is 7.98. The lowest BCUT2D eigenvalue weighted by atomic mass is 10.2. The second-order valence-electron chi connectivity index (χ2n) is 6.30. The number of nitrogens with one attached hydrogen (secondary N) is 1. The number of hydrogen-bond acceptors (Lipinski definition) is 4. The van der Waals surface area contributed by atoms with Crippen LogP contribution in [0.25, 0.3) is 0 Å². The zero-order chi connectivity index (χ0) is 21.7. The predicted molar refractivity (Wildman–Crippen MR) is 124 cm³/mol. The van der Waals surface area contributed by atoms with Crippen LogP contribution >= 0.6 is 23.4 Å². The highest BCUT2D eigenvalue weighted by Gasteiger charge is 2.26. The molecule has 0 aliphatic heterocycles. The van der Waals surface area contributed by atoms with Crippen LogP contribution < -0.4 is 9.62 Å². The number of para-hydroxylation sites is 1. The standard InChI is InChI=1S/C22H21ClN2O3S2/c1-3-25(17-9-5-4-6-10-17)30(27,28)21-15-16(13-14-19(21)23)24-22(26)18-11-7-8-12-20(18)29-2/h4-15H,3H2,1-2H3,(H,24,26). The minimum absolute atomic E-state index is 0.0641. The maximum absolute atomic E-state index is 13.3. The molecule has 0 aromatic heterocycles. The molecular formula is C22H21ClN2O3S2. The van der Waals surface area contributed by atoms with Gasteiger partial charge in [-0.2, -0.15) is 0 Å². The van der Waals surface area contributed by atoms with Gasteiger partial charge in [-0.3, -0.25) is 9.10 Å². The molecule has 0 saturated heterocycles. The molecular weight excluding hydrogens is 440 g/mol. The SMILES string of the molecule is CCN(c1ccccc1)S(=O)(=O)c1cc(NC(=O)c2ccccc2SC)ccc1Cl. The molecule has 8 heteroatoms. The second kappa shape index (κ2) is 9.55. The molecule has 0 saturated carbocycles. The zero-order valence-electron chi connectivity index (χ0n) is 16.5. The van der Waals surface area contributed by atoms with Crippen LogP contribution in [-0.2, 0) is 10.0 Å². The summed E-state index contributed by atoms with van der Waals surface area (Å²) < 4.78 is 27.9. The molecule has 3 rings (SSSR count). The molecule has 5 nitrogen and oxygen atoms in total. The Morgan fingerprint density at radius 3 is 2.37 bits per heavy atom. The Bertz CT molecular complexity index is 1150. The number of carbonyl (C=O) groups excluding carboxylic acids is 1. The van der Waals surface area contributed by atoms with Crippen molar-refractivity contribution < 1.29 is 13.2 Å². The van der Waals surface area contributed by atoms with Gasteiger partial charge in [-0.05, 0) is 55.6 Å². The van der Waals surface area contributed by atoms with Gasteiger partial charge < -0.3 is 5.32 Å². The Hall–Kier alpha value is -2.48. The molecule has 0 bridgehead atoms. The van der Waals surface area contributed by atoms with Crippen LogP contribution in [0.2, 0.25) is 5.02 Å². The zero-order valence-corrected chi connectivity index (χ0v) is 18.9. The number of nitrogens with zero attached hydrogens (tertiary/aromatic N) is 1. The second-order valence-corrected chi connectivity index (χ2v) is 9.39. The fraction of sp³-hybridized carbons (Fsp3) is 0.136. The molecule has 0 radical (unpaired) electrons. The minimum atomic E-state index is -3.92. The Morgan fingerprint density at radius 2 is 1.70 bits per heavy atom. The number of sulfonamides is 1. The van der Waals surface area contributed by atoms with Crippen LogP contribution in [0.4, 0.5) is 11.4 Å². The van der Waals surface area contributed by atoms with E-state index in [1.54, 1.807) is 49.4 Å². The number of carbonyl (C=O) groups is 1. The number of hydrogen-bond donors (Lipinski definition) is 1. The third-order valence-corrected chi connectivity index (χ3v) is 7.62. The van der Waals surface area contributed by atoms with Crippen molar-refractivity contribution in [1.82, 2.24) is 0 Å². The molecule has 0 spiro atoms. The van der Waals surface area contributed by atoms with Crippen molar-refractivity contribution in [1.29, 1.82) is 0 Å². The Balaban J connectivity index is 1.96. The van der Waals surface area contributed by atoms with Gasteiger partial charge in [0.05, 0.1) is 16.3 Å². The van der Waals surface area contributed by atoms with Crippen molar-refractivity contribution in [2.75, 3.05) is 22.4 Å². The molecule has 3 aromatic rings. The van der Waals surface area contributed by atoms with E-state index in [1.165, 1.54) is 28.2 Å². The minimum Gasteiger partial charge on any atom is -0.322 e. The lowest BCUT2D eigenvalue weighted by Crippen LogP contribution is -2.31. The number of anilines is 2. The average molecular weight is 461 g/mol. The van der Waals surface area contributed by atoms with Gasteiger partial charge in [0.2, 0.25) is 0 Å². The molecule has 0 aliphatic rings. The topological polar surface area (TPSA) is 66.5 Å². The van der Waals surface area contributed by atoms with Gasteiger partial charge in [-0.25, -0.2) is 8.42 Å². The van der Waals surface area contributed by atoms with Gasteiger partial charge in [0.1, 0.15) is 4.90 Å². The molecule has 3 aromatic carbocycles. The smallest absolute Gasteiger partial charge is 0.265 e. The fourth-order valence-corrected chi connectivity index (χ4v) is 5.59. The van der Waals surface area contributed by atoms with Crippen LogP contribution in [0.1, 0.15) is 17.3 Å². The quantitative estimate of drug-likeness (QED) is 0.471. The van der Waals surface area contributed by atoms with Crippen molar-refractivity contribution in [2.24, 2.45) is 0 Å². The summed E-state index contributed by atoms with van der Waals surface area (Å²) in [6.07, 6.45) is 1.89. The lowest BCUT2D eigenvalue weighted by molar-refractivity contribution is 0.102. The summed E-state index contributed by atoms with van der Waals surface area (Å²) in [4.78, 5) is 13.5. The third kappa shape index (κ3) is 4.64. The summed E-state index contributed by atoms with van der Waals surface area (Å²) in [7, 11) is -3.92. The van der Waals surface area contributed by atoms with Crippen LogP contribution in [0.15, 0.2) is 82.6 Å². The molecule has 30 heavy (non-hydrogen) atoms. The summed E-state index contributed by atoms with van der Waals surface area (Å²) in [6, 6.07) is 20.5. The number of thioether (sulfide) groups is 1. The first-order chi connectivity index (χ1) is 14.4. The number of halogens is 1. The summed E-state index contributed by atoms with van der Waals surface area (Å²) >= 11 is 7.71. The van der Waals surface area contributed by atoms with E-state index in [0.717, 1.165) is 4.90 Å². The van der Waals surface area contributed by atoms with E-state index in [1.807, 2.05) is 24.5 Å². The Labute approximate surface area is 186 Å². The van der Waals surface area contributed by atoms with Crippen molar-refractivity contribution in [2.45, 2.75) is 16.7 Å². The summed E-state index contributed by atoms with van der Waals surface area (Å²) in [5.41, 5.74) is 1.41. The first-order valence-corrected chi connectivity index (χ1v) is 12.2. The van der Waals surface area contributed by atoms with E-state index in [0.29, 0.717) is 16.9 Å². The highest BCUT2D eigenvalue weighted by Crippen LogP contribution is 2.31. The van der Waals surface area contributed by atoms with E-state index in [9.17, 15) is 13.2 Å². The van der Waals surface area contributed by atoms with Crippen molar-refractivity contribution in [3.63, 3.8) is 0 Å². The van der Waals surface area contributed by atoms with Gasteiger partial charge in [-0.1, -0.05) is 41.9 Å². The molecule has 156 valence electrons. The molecule has 0 aliphatic carbocycles. The average Bonchev–Trinajstić information content (AvgIpc) is 2.76. The normalized spacial score (nSPS) is 11.2. The number of rotatable bonds is 7. The van der Waals surface area contributed by atoms with Crippen molar-refractivity contribution in [3.05, 3.63) is 83.4 Å². The highest BCUT2D eigenvalue weighted by atomic mass is 35.5. The predicted octanol–water partition coefficient (Wildman–Crippen LogP) is 5.53. The largest absolute Gasteiger partial charge is 0.322 e. The van der Waals surface area contributed by atoms with Crippen LogP contribution in [0.3, 0.4) is 0 Å². The Morgan fingerprint density at radius 1 is 1.03 bits per heavy atom. The maximum atomic E-state index is 13.3. The van der Waals surface area contributed by atoms with Gasteiger partial charge in [0.15, 0.2) is 0 Å². The van der Waals surface area contributed by atoms with E-state index >= 15 is 0 Å². The summed E-state index contributed by atoms with van der Waals surface area (Å²) in [5, 5.41) is 2.87. The first kappa shape index (κ1) is 22.2. The lowest BCUT2D eigenvalue weighted by Gasteiger charge is -2.23. The molecule has 0 fully saturated rings. The van der Waals surface area contributed by atoms with Crippen molar-refractivity contribution in [3.8, 4) is 0 Å². The van der Waals surface area contributed by atoms with Crippen LogP contribution in [-0.4, -0.2) is 27.1 Å². The number of amides is 1. The molecule has 0 atom stereocenters. The Kier molecular flexibility index (Phi) is 7.07. The van der Waals surface area contributed by atoms with E-state index in [-0.39, 0.29) is 22.4 Å². The van der Waals surface area contributed by atoms with E-state index in [4.69, 9.17) is 11.6 Å². The molecule has 0 heterocycles. The van der Waals surface area contributed by atoms with Gasteiger partial charge in [0.25, 0.3) is 15.9 Å². The summed E-state index contributed by atoms with van der Waals surface area (Å²) in [5.74, 6) is -0.318. The third-order valence-electron chi connectivity index (χ3n) is 4.44.